The van der Waals surface area contributed by atoms with E-state index in [0.717, 1.165) is 19.4 Å². The molecule has 0 atom stereocenters. The average molecular weight is 166 g/mol. The zero-order chi connectivity index (χ0) is 9.14. The van der Waals surface area contributed by atoms with E-state index in [9.17, 15) is 0 Å². The summed E-state index contributed by atoms with van der Waals surface area (Å²) >= 11 is 0. The van der Waals surface area contributed by atoms with E-state index in [4.69, 9.17) is 4.74 Å². The number of hydrogen-bond donors (Lipinski definition) is 0. The molecule has 0 amide bonds. The van der Waals surface area contributed by atoms with Gasteiger partial charge in [-0.3, -0.25) is 0 Å². The Morgan fingerprint density at radius 1 is 1.17 bits per heavy atom. The fourth-order valence-corrected chi connectivity index (χ4v) is 1.81. The summed E-state index contributed by atoms with van der Waals surface area (Å²) in [5.41, 5.74) is 4.26. The van der Waals surface area contributed by atoms with Gasteiger partial charge in [-0.2, -0.15) is 0 Å². The van der Waals surface area contributed by atoms with Crippen molar-refractivity contribution in [3.63, 3.8) is 0 Å². The molecule has 0 aromatic heterocycles. The molecule has 1 nitrogen and oxygen atoms in total. The van der Waals surface area contributed by atoms with Crippen LogP contribution >= 0.6 is 0 Å². The number of rotatable bonds is 2. The van der Waals surface area contributed by atoms with Gasteiger partial charge in [-0.15, -0.1) is 0 Å². The van der Waals surface area contributed by atoms with E-state index in [1.165, 1.54) is 22.5 Å². The fourth-order valence-electron chi connectivity index (χ4n) is 1.81. The lowest BCUT2D eigenvalue weighted by molar-refractivity contribution is 0.220. The van der Waals surface area contributed by atoms with Crippen LogP contribution in [0.25, 0.3) is 0 Å². The molecule has 0 radical (unpaired) electrons. The molecule has 0 aromatic rings. The Balaban J connectivity index is 2.99. The maximum Gasteiger partial charge on any atom is 0.109 e. The van der Waals surface area contributed by atoms with E-state index in [2.05, 4.69) is 27.7 Å². The summed E-state index contributed by atoms with van der Waals surface area (Å²) < 4.78 is 5.61. The maximum absolute atomic E-state index is 5.61. The topological polar surface area (TPSA) is 9.23 Å². The van der Waals surface area contributed by atoms with Crippen LogP contribution in [0.5, 0.6) is 0 Å². The van der Waals surface area contributed by atoms with Crippen molar-refractivity contribution in [3.05, 3.63) is 22.5 Å². The van der Waals surface area contributed by atoms with Crippen molar-refractivity contribution in [3.8, 4) is 0 Å². The summed E-state index contributed by atoms with van der Waals surface area (Å²) in [7, 11) is 0. The Labute approximate surface area is 75.1 Å². The van der Waals surface area contributed by atoms with Crippen LogP contribution in [0.15, 0.2) is 22.5 Å². The highest BCUT2D eigenvalue weighted by Gasteiger charge is 2.14. The van der Waals surface area contributed by atoms with Crippen LogP contribution in [-0.4, -0.2) is 6.61 Å². The second-order valence-electron chi connectivity index (χ2n) is 3.30. The van der Waals surface area contributed by atoms with Gasteiger partial charge >= 0.3 is 0 Å². The van der Waals surface area contributed by atoms with Gasteiger partial charge in [-0.05, 0) is 37.0 Å². The molecule has 12 heavy (non-hydrogen) atoms. The van der Waals surface area contributed by atoms with Crippen LogP contribution in [0.4, 0.5) is 0 Å². The highest BCUT2D eigenvalue weighted by atomic mass is 16.5. The molecule has 0 spiro atoms. The molecular weight excluding hydrogens is 148 g/mol. The lowest BCUT2D eigenvalue weighted by Crippen LogP contribution is -2.08. The molecule has 0 bridgehead atoms. The van der Waals surface area contributed by atoms with Crippen molar-refractivity contribution >= 4 is 0 Å². The van der Waals surface area contributed by atoms with Gasteiger partial charge in [0, 0.05) is 6.42 Å². The predicted molar refractivity (Wildman–Crippen MR) is 51.9 cm³/mol. The molecule has 0 aliphatic carbocycles. The summed E-state index contributed by atoms with van der Waals surface area (Å²) in [6, 6.07) is 0. The SMILES string of the molecule is CCC1=C(C)C(CC)=C(C)CO1. The van der Waals surface area contributed by atoms with Crippen molar-refractivity contribution < 1.29 is 4.74 Å². The molecular formula is C11H18O. The van der Waals surface area contributed by atoms with Gasteiger partial charge in [0.05, 0.1) is 5.76 Å². The first kappa shape index (κ1) is 9.37. The summed E-state index contributed by atoms with van der Waals surface area (Å²) in [6.07, 6.45) is 2.15. The minimum Gasteiger partial charge on any atom is -0.493 e. The van der Waals surface area contributed by atoms with Crippen LogP contribution in [0, 0.1) is 0 Å². The van der Waals surface area contributed by atoms with E-state index in [1.807, 2.05) is 0 Å². The van der Waals surface area contributed by atoms with Gasteiger partial charge in [-0.25, -0.2) is 0 Å². The van der Waals surface area contributed by atoms with Gasteiger partial charge in [0.15, 0.2) is 0 Å². The Hall–Kier alpha value is -0.720. The van der Waals surface area contributed by atoms with Crippen LogP contribution < -0.4 is 0 Å². The minimum absolute atomic E-state index is 0.795. The molecule has 1 heteroatoms. The molecule has 0 fully saturated rings. The number of hydrogen-bond acceptors (Lipinski definition) is 1. The lowest BCUT2D eigenvalue weighted by Gasteiger charge is -2.22. The van der Waals surface area contributed by atoms with Crippen LogP contribution in [0.3, 0.4) is 0 Å². The molecule has 0 aromatic carbocycles. The third kappa shape index (κ3) is 1.55. The Morgan fingerprint density at radius 2 is 1.83 bits per heavy atom. The van der Waals surface area contributed by atoms with Crippen molar-refractivity contribution in [1.82, 2.24) is 0 Å². The van der Waals surface area contributed by atoms with Gasteiger partial charge < -0.3 is 4.74 Å². The van der Waals surface area contributed by atoms with Crippen molar-refractivity contribution in [2.24, 2.45) is 0 Å². The third-order valence-electron chi connectivity index (χ3n) is 2.52. The van der Waals surface area contributed by atoms with Crippen molar-refractivity contribution in [2.75, 3.05) is 6.61 Å². The van der Waals surface area contributed by atoms with E-state index in [1.54, 1.807) is 0 Å². The van der Waals surface area contributed by atoms with E-state index in [-0.39, 0.29) is 0 Å². The monoisotopic (exact) mass is 166 g/mol. The molecule has 1 rings (SSSR count). The summed E-state index contributed by atoms with van der Waals surface area (Å²) in [4.78, 5) is 0. The Bertz CT molecular complexity index is 233. The van der Waals surface area contributed by atoms with Gasteiger partial charge in [-0.1, -0.05) is 13.8 Å². The lowest BCUT2D eigenvalue weighted by atomic mass is 9.96. The zero-order valence-electron chi connectivity index (χ0n) is 8.53. The summed E-state index contributed by atoms with van der Waals surface area (Å²) in [5.74, 6) is 1.18. The second-order valence-corrected chi connectivity index (χ2v) is 3.30. The number of ether oxygens (including phenoxy) is 1. The van der Waals surface area contributed by atoms with Crippen molar-refractivity contribution in [2.45, 2.75) is 40.5 Å². The molecule has 1 aliphatic heterocycles. The van der Waals surface area contributed by atoms with E-state index < -0.39 is 0 Å². The third-order valence-corrected chi connectivity index (χ3v) is 2.52. The standard InChI is InChI=1S/C11H18O/c1-5-10-8(3)7-12-11(6-2)9(10)4/h5-7H2,1-4H3. The molecule has 0 saturated carbocycles. The van der Waals surface area contributed by atoms with Gasteiger partial charge in [0.2, 0.25) is 0 Å². The quantitative estimate of drug-likeness (QED) is 0.610. The molecule has 68 valence electrons. The van der Waals surface area contributed by atoms with Crippen LogP contribution in [0.1, 0.15) is 40.5 Å². The highest BCUT2D eigenvalue weighted by Crippen LogP contribution is 2.28. The smallest absolute Gasteiger partial charge is 0.109 e. The molecule has 1 aliphatic rings. The molecule has 1 heterocycles. The van der Waals surface area contributed by atoms with Gasteiger partial charge in [0.25, 0.3) is 0 Å². The summed E-state index contributed by atoms with van der Waals surface area (Å²) in [6.45, 7) is 9.48. The minimum atomic E-state index is 0.795. The Morgan fingerprint density at radius 3 is 2.33 bits per heavy atom. The molecule has 0 N–H and O–H groups in total. The summed E-state index contributed by atoms with van der Waals surface area (Å²) in [5, 5.41) is 0. The number of allylic oxidation sites excluding steroid dienone is 3. The fraction of sp³-hybridized carbons (Fsp3) is 0.636. The predicted octanol–water partition coefficient (Wildman–Crippen LogP) is 3.43. The zero-order valence-corrected chi connectivity index (χ0v) is 8.53. The largest absolute Gasteiger partial charge is 0.493 e. The van der Waals surface area contributed by atoms with Crippen molar-refractivity contribution in [1.29, 1.82) is 0 Å². The first-order valence-corrected chi connectivity index (χ1v) is 4.72. The van der Waals surface area contributed by atoms with E-state index in [0.29, 0.717) is 0 Å². The Kier molecular flexibility index (Phi) is 2.96. The first-order valence-electron chi connectivity index (χ1n) is 4.72. The van der Waals surface area contributed by atoms with Gasteiger partial charge in [0.1, 0.15) is 6.61 Å². The normalized spacial score (nSPS) is 18.3. The molecule has 0 unspecified atom stereocenters. The van der Waals surface area contributed by atoms with E-state index >= 15 is 0 Å². The molecule has 0 saturated heterocycles. The average Bonchev–Trinajstić information content (AvgIpc) is 2.06. The second kappa shape index (κ2) is 3.79. The van der Waals surface area contributed by atoms with Crippen LogP contribution in [0.2, 0.25) is 0 Å². The van der Waals surface area contributed by atoms with Crippen LogP contribution in [-0.2, 0) is 4.74 Å². The first-order chi connectivity index (χ1) is 5.70. The highest BCUT2D eigenvalue weighted by molar-refractivity contribution is 5.37. The maximum atomic E-state index is 5.61.